The van der Waals surface area contributed by atoms with E-state index in [1.165, 1.54) is 6.07 Å². The van der Waals surface area contributed by atoms with E-state index in [9.17, 15) is 8.78 Å². The van der Waals surface area contributed by atoms with Crippen LogP contribution in [0.2, 0.25) is 0 Å². The molecule has 0 aliphatic rings. The summed E-state index contributed by atoms with van der Waals surface area (Å²) in [5, 5.41) is 2.71. The summed E-state index contributed by atoms with van der Waals surface area (Å²) < 4.78 is 26.6. The molecule has 0 radical (unpaired) electrons. The Kier molecular flexibility index (Phi) is 3.89. The summed E-state index contributed by atoms with van der Waals surface area (Å²) in [5.74, 6) is 0.121. The molecular formula is C13H14F2N4. The highest BCUT2D eigenvalue weighted by molar-refractivity contribution is 5.59. The number of aromatic nitrogens is 2. The number of anilines is 3. The van der Waals surface area contributed by atoms with Crippen molar-refractivity contribution in [3.8, 4) is 0 Å². The standard InChI is InChI=1S/C13H14F2N4/c1-2-3-12-18-11(16)7-13(19-12)17-10-6-8(14)4-5-9(10)15/h4-7H,2-3H2,1H3,(H3,16,17,18,19). The van der Waals surface area contributed by atoms with Crippen molar-refractivity contribution in [2.45, 2.75) is 19.8 Å². The molecule has 1 heterocycles. The van der Waals surface area contributed by atoms with Crippen molar-refractivity contribution < 1.29 is 8.78 Å². The van der Waals surface area contributed by atoms with Crippen molar-refractivity contribution in [2.24, 2.45) is 0 Å². The third-order valence-electron chi connectivity index (χ3n) is 2.46. The molecule has 0 fully saturated rings. The van der Waals surface area contributed by atoms with Gasteiger partial charge in [0.25, 0.3) is 0 Å². The van der Waals surface area contributed by atoms with Crippen molar-refractivity contribution in [3.63, 3.8) is 0 Å². The van der Waals surface area contributed by atoms with E-state index in [1.54, 1.807) is 0 Å². The predicted molar refractivity (Wildman–Crippen MR) is 70.1 cm³/mol. The smallest absolute Gasteiger partial charge is 0.146 e. The van der Waals surface area contributed by atoms with E-state index >= 15 is 0 Å². The SMILES string of the molecule is CCCc1nc(N)cc(Nc2cc(F)ccc2F)n1. The maximum atomic E-state index is 13.5. The van der Waals surface area contributed by atoms with Crippen LogP contribution in [0.5, 0.6) is 0 Å². The zero-order valence-electron chi connectivity index (χ0n) is 10.5. The molecule has 0 aliphatic carbocycles. The Bertz CT molecular complexity index is 587. The first-order chi connectivity index (χ1) is 9.08. The Morgan fingerprint density at radius 3 is 2.74 bits per heavy atom. The lowest BCUT2D eigenvalue weighted by Crippen LogP contribution is -2.04. The number of nitrogens with one attached hydrogen (secondary N) is 1. The highest BCUT2D eigenvalue weighted by atomic mass is 19.1. The molecule has 0 spiro atoms. The Morgan fingerprint density at radius 2 is 2.00 bits per heavy atom. The molecule has 0 atom stereocenters. The largest absolute Gasteiger partial charge is 0.384 e. The van der Waals surface area contributed by atoms with Crippen LogP contribution in [0.3, 0.4) is 0 Å². The first-order valence-corrected chi connectivity index (χ1v) is 5.94. The number of aryl methyl sites for hydroxylation is 1. The van der Waals surface area contributed by atoms with Crippen molar-refractivity contribution in [1.29, 1.82) is 0 Å². The van der Waals surface area contributed by atoms with Gasteiger partial charge in [0, 0.05) is 18.6 Å². The third-order valence-corrected chi connectivity index (χ3v) is 2.46. The molecule has 100 valence electrons. The van der Waals surface area contributed by atoms with Gasteiger partial charge in [-0.15, -0.1) is 0 Å². The van der Waals surface area contributed by atoms with Crippen LogP contribution in [0.4, 0.5) is 26.1 Å². The van der Waals surface area contributed by atoms with E-state index in [0.29, 0.717) is 18.1 Å². The zero-order chi connectivity index (χ0) is 13.8. The van der Waals surface area contributed by atoms with Crippen molar-refractivity contribution in [2.75, 3.05) is 11.1 Å². The molecule has 6 heteroatoms. The molecule has 1 aromatic heterocycles. The molecule has 3 N–H and O–H groups in total. The van der Waals surface area contributed by atoms with E-state index in [1.807, 2.05) is 6.92 Å². The molecule has 2 rings (SSSR count). The zero-order valence-corrected chi connectivity index (χ0v) is 10.5. The molecule has 0 saturated heterocycles. The fourth-order valence-electron chi connectivity index (χ4n) is 1.65. The summed E-state index contributed by atoms with van der Waals surface area (Å²) in [7, 11) is 0. The molecular weight excluding hydrogens is 250 g/mol. The maximum absolute atomic E-state index is 13.5. The van der Waals surface area contributed by atoms with Gasteiger partial charge in [0.2, 0.25) is 0 Å². The molecule has 1 aromatic carbocycles. The molecule has 4 nitrogen and oxygen atoms in total. The first kappa shape index (κ1) is 13.2. The monoisotopic (exact) mass is 264 g/mol. The second kappa shape index (κ2) is 5.60. The lowest BCUT2D eigenvalue weighted by Gasteiger charge is -2.09. The van der Waals surface area contributed by atoms with Gasteiger partial charge in [0.05, 0.1) is 5.69 Å². The Morgan fingerprint density at radius 1 is 1.21 bits per heavy atom. The van der Waals surface area contributed by atoms with E-state index in [0.717, 1.165) is 24.6 Å². The summed E-state index contributed by atoms with van der Waals surface area (Å²) in [5.41, 5.74) is 5.67. The van der Waals surface area contributed by atoms with Crippen LogP contribution in [0.1, 0.15) is 19.2 Å². The number of hydrogen-bond acceptors (Lipinski definition) is 4. The van der Waals surface area contributed by atoms with Gasteiger partial charge in [0.15, 0.2) is 0 Å². The number of nitrogen functional groups attached to an aromatic ring is 1. The number of hydrogen-bond donors (Lipinski definition) is 2. The lowest BCUT2D eigenvalue weighted by molar-refractivity contribution is 0.603. The van der Waals surface area contributed by atoms with Gasteiger partial charge >= 0.3 is 0 Å². The van der Waals surface area contributed by atoms with Crippen molar-refractivity contribution >= 4 is 17.3 Å². The van der Waals surface area contributed by atoms with Gasteiger partial charge in [-0.05, 0) is 18.6 Å². The number of halogens is 2. The molecule has 19 heavy (non-hydrogen) atoms. The Labute approximate surface area is 109 Å². The van der Waals surface area contributed by atoms with Crippen LogP contribution >= 0.6 is 0 Å². The fraction of sp³-hybridized carbons (Fsp3) is 0.231. The fourth-order valence-corrected chi connectivity index (χ4v) is 1.65. The van der Waals surface area contributed by atoms with Crippen LogP contribution < -0.4 is 11.1 Å². The van der Waals surface area contributed by atoms with Crippen LogP contribution in [0.15, 0.2) is 24.3 Å². The third kappa shape index (κ3) is 3.37. The topological polar surface area (TPSA) is 63.8 Å². The second-order valence-electron chi connectivity index (χ2n) is 4.09. The van der Waals surface area contributed by atoms with E-state index in [2.05, 4.69) is 15.3 Å². The molecule has 0 saturated carbocycles. The van der Waals surface area contributed by atoms with Crippen LogP contribution in [0, 0.1) is 11.6 Å². The lowest BCUT2D eigenvalue weighted by atomic mass is 10.3. The number of rotatable bonds is 4. The predicted octanol–water partition coefficient (Wildman–Crippen LogP) is 3.03. The van der Waals surface area contributed by atoms with Crippen LogP contribution in [-0.2, 0) is 6.42 Å². The minimum absolute atomic E-state index is 0.0144. The van der Waals surface area contributed by atoms with E-state index in [-0.39, 0.29) is 11.5 Å². The van der Waals surface area contributed by atoms with Crippen LogP contribution in [-0.4, -0.2) is 9.97 Å². The molecule has 2 aromatic rings. The number of nitrogens with zero attached hydrogens (tertiary/aromatic N) is 2. The molecule has 0 amide bonds. The van der Waals surface area contributed by atoms with Gasteiger partial charge in [-0.25, -0.2) is 18.7 Å². The summed E-state index contributed by atoms with van der Waals surface area (Å²) in [6, 6.07) is 4.64. The summed E-state index contributed by atoms with van der Waals surface area (Å²) >= 11 is 0. The second-order valence-corrected chi connectivity index (χ2v) is 4.09. The van der Waals surface area contributed by atoms with Crippen LogP contribution in [0.25, 0.3) is 0 Å². The van der Waals surface area contributed by atoms with Gasteiger partial charge in [-0.2, -0.15) is 0 Å². The number of benzene rings is 1. The summed E-state index contributed by atoms with van der Waals surface area (Å²) in [6.45, 7) is 1.99. The maximum Gasteiger partial charge on any atom is 0.146 e. The molecule has 0 bridgehead atoms. The Hall–Kier alpha value is -2.24. The first-order valence-electron chi connectivity index (χ1n) is 5.94. The van der Waals surface area contributed by atoms with Gasteiger partial charge in [-0.1, -0.05) is 6.92 Å². The average Bonchev–Trinajstić information content (AvgIpc) is 2.33. The quantitative estimate of drug-likeness (QED) is 0.891. The van der Waals surface area contributed by atoms with Gasteiger partial charge < -0.3 is 11.1 Å². The van der Waals surface area contributed by atoms with Crippen molar-refractivity contribution in [1.82, 2.24) is 9.97 Å². The van der Waals surface area contributed by atoms with E-state index < -0.39 is 11.6 Å². The summed E-state index contributed by atoms with van der Waals surface area (Å²) in [4.78, 5) is 8.26. The molecule has 0 aliphatic heterocycles. The van der Waals surface area contributed by atoms with Gasteiger partial charge in [-0.3, -0.25) is 0 Å². The minimum Gasteiger partial charge on any atom is -0.384 e. The summed E-state index contributed by atoms with van der Waals surface area (Å²) in [6.07, 6.45) is 1.54. The number of nitrogens with two attached hydrogens (primary N) is 1. The highest BCUT2D eigenvalue weighted by Gasteiger charge is 2.07. The Balaban J connectivity index is 2.29. The van der Waals surface area contributed by atoms with Gasteiger partial charge in [0.1, 0.15) is 29.1 Å². The average molecular weight is 264 g/mol. The van der Waals surface area contributed by atoms with E-state index in [4.69, 9.17) is 5.73 Å². The normalized spacial score (nSPS) is 10.5. The molecule has 0 unspecified atom stereocenters. The van der Waals surface area contributed by atoms with Crippen molar-refractivity contribution in [3.05, 3.63) is 41.7 Å². The minimum atomic E-state index is -0.560. The highest BCUT2D eigenvalue weighted by Crippen LogP contribution is 2.20.